The molecule has 0 aromatic heterocycles. The molecule has 2 fully saturated rings. The van der Waals surface area contributed by atoms with E-state index in [0.29, 0.717) is 11.8 Å². The summed E-state index contributed by atoms with van der Waals surface area (Å²) in [5, 5.41) is 13.0. The number of nitrogens with zero attached hydrogens (tertiary/aromatic N) is 1. The normalized spacial score (nSPS) is 38.3. The Kier molecular flexibility index (Phi) is 3.21. The van der Waals surface area contributed by atoms with Crippen molar-refractivity contribution >= 4 is 5.71 Å². The number of aryl methyl sites for hydroxylation is 1. The molecule has 1 aromatic carbocycles. The minimum atomic E-state index is 0.139. The summed E-state index contributed by atoms with van der Waals surface area (Å²) in [6.45, 7) is 2.33. The van der Waals surface area contributed by atoms with Gasteiger partial charge in [-0.3, -0.25) is 0 Å². The van der Waals surface area contributed by atoms with Gasteiger partial charge in [-0.25, -0.2) is 0 Å². The van der Waals surface area contributed by atoms with Crippen molar-refractivity contribution in [2.75, 3.05) is 7.11 Å². The maximum Gasteiger partial charge on any atom is 0.119 e. The molecule has 1 N–H and O–H groups in total. The second kappa shape index (κ2) is 5.00. The lowest BCUT2D eigenvalue weighted by molar-refractivity contribution is 0.0938. The fourth-order valence-electron chi connectivity index (χ4n) is 5.64. The topological polar surface area (TPSA) is 41.8 Å². The quantitative estimate of drug-likeness (QED) is 0.617. The second-order valence-corrected chi connectivity index (χ2v) is 7.52. The van der Waals surface area contributed by atoms with Crippen molar-refractivity contribution in [2.45, 2.75) is 51.4 Å². The third-order valence-corrected chi connectivity index (χ3v) is 6.80. The van der Waals surface area contributed by atoms with Gasteiger partial charge < -0.3 is 9.94 Å². The molecule has 3 nitrogen and oxygen atoms in total. The molecule has 3 heteroatoms. The summed E-state index contributed by atoms with van der Waals surface area (Å²) in [5.41, 5.74) is 4.23. The van der Waals surface area contributed by atoms with E-state index in [9.17, 15) is 5.21 Å². The monoisotopic (exact) mass is 299 g/mol. The Morgan fingerprint density at radius 3 is 2.86 bits per heavy atom. The van der Waals surface area contributed by atoms with E-state index in [-0.39, 0.29) is 5.41 Å². The van der Waals surface area contributed by atoms with E-state index >= 15 is 0 Å². The van der Waals surface area contributed by atoms with E-state index in [4.69, 9.17) is 4.74 Å². The third kappa shape index (κ3) is 1.84. The second-order valence-electron chi connectivity index (χ2n) is 7.52. The molecule has 3 aliphatic rings. The van der Waals surface area contributed by atoms with Crippen LogP contribution in [-0.2, 0) is 6.42 Å². The van der Waals surface area contributed by atoms with Crippen molar-refractivity contribution in [3.8, 4) is 5.75 Å². The van der Waals surface area contributed by atoms with Gasteiger partial charge in [0.1, 0.15) is 5.75 Å². The van der Waals surface area contributed by atoms with Gasteiger partial charge in [-0.15, -0.1) is 0 Å². The van der Waals surface area contributed by atoms with Gasteiger partial charge in [0, 0.05) is 5.41 Å². The fraction of sp³-hybridized carbons (Fsp3) is 0.632. The Morgan fingerprint density at radius 1 is 1.23 bits per heavy atom. The Hall–Kier alpha value is -1.51. The van der Waals surface area contributed by atoms with Crippen LogP contribution in [0.2, 0.25) is 0 Å². The number of rotatable bonds is 1. The predicted octanol–water partition coefficient (Wildman–Crippen LogP) is 4.38. The van der Waals surface area contributed by atoms with Crippen molar-refractivity contribution in [2.24, 2.45) is 22.4 Å². The van der Waals surface area contributed by atoms with Crippen LogP contribution in [0.3, 0.4) is 0 Å². The van der Waals surface area contributed by atoms with Crippen LogP contribution in [0.4, 0.5) is 0 Å². The van der Waals surface area contributed by atoms with Gasteiger partial charge >= 0.3 is 0 Å². The summed E-state index contributed by atoms with van der Waals surface area (Å²) in [6, 6.07) is 6.64. The van der Waals surface area contributed by atoms with Crippen LogP contribution in [-0.4, -0.2) is 18.0 Å². The highest BCUT2D eigenvalue weighted by molar-refractivity contribution is 5.92. The highest BCUT2D eigenvalue weighted by atomic mass is 16.5. The highest BCUT2D eigenvalue weighted by Crippen LogP contribution is 2.59. The molecule has 0 spiro atoms. The van der Waals surface area contributed by atoms with E-state index in [1.54, 1.807) is 12.7 Å². The largest absolute Gasteiger partial charge is 0.497 e. The van der Waals surface area contributed by atoms with Gasteiger partial charge in [-0.1, -0.05) is 18.1 Å². The summed E-state index contributed by atoms with van der Waals surface area (Å²) in [7, 11) is 1.74. The molecule has 0 unspecified atom stereocenters. The van der Waals surface area contributed by atoms with Gasteiger partial charge in [0.05, 0.1) is 12.8 Å². The van der Waals surface area contributed by atoms with E-state index in [1.807, 2.05) is 0 Å². The lowest BCUT2D eigenvalue weighted by Gasteiger charge is -2.48. The number of ether oxygens (including phenoxy) is 1. The molecule has 3 aliphatic carbocycles. The maximum atomic E-state index is 9.36. The van der Waals surface area contributed by atoms with E-state index < -0.39 is 0 Å². The minimum absolute atomic E-state index is 0.139. The van der Waals surface area contributed by atoms with Crippen molar-refractivity contribution < 1.29 is 9.94 Å². The van der Waals surface area contributed by atoms with Gasteiger partial charge in [0.25, 0.3) is 0 Å². The number of hydrogen-bond acceptors (Lipinski definition) is 3. The average molecular weight is 299 g/mol. The molecular weight excluding hydrogens is 274 g/mol. The Balaban J connectivity index is 1.69. The lowest BCUT2D eigenvalue weighted by atomic mass is 9.55. The Bertz CT molecular complexity index is 624. The van der Waals surface area contributed by atoms with Crippen LogP contribution >= 0.6 is 0 Å². The summed E-state index contributed by atoms with van der Waals surface area (Å²) in [6.07, 6.45) is 6.98. The number of hydrogen-bond donors (Lipinski definition) is 1. The molecule has 2 saturated carbocycles. The molecule has 1 aromatic rings. The van der Waals surface area contributed by atoms with E-state index in [0.717, 1.165) is 36.6 Å². The number of methoxy groups -OCH3 is 1. The summed E-state index contributed by atoms with van der Waals surface area (Å²) in [5.74, 6) is 3.10. The molecule has 22 heavy (non-hydrogen) atoms. The Morgan fingerprint density at radius 2 is 2.09 bits per heavy atom. The van der Waals surface area contributed by atoms with Crippen LogP contribution in [0.15, 0.2) is 23.4 Å². The van der Waals surface area contributed by atoms with E-state index in [1.165, 1.54) is 24.8 Å². The molecule has 0 bridgehead atoms. The molecule has 4 atom stereocenters. The molecule has 0 radical (unpaired) electrons. The highest BCUT2D eigenvalue weighted by Gasteiger charge is 2.53. The zero-order chi connectivity index (χ0) is 15.3. The van der Waals surface area contributed by atoms with Crippen LogP contribution in [0.5, 0.6) is 5.75 Å². The first kappa shape index (κ1) is 14.1. The molecule has 118 valence electrons. The summed E-state index contributed by atoms with van der Waals surface area (Å²) in [4.78, 5) is 0. The lowest BCUT2D eigenvalue weighted by Crippen LogP contribution is -2.42. The zero-order valence-electron chi connectivity index (χ0n) is 13.5. The molecule has 0 heterocycles. The number of oxime groups is 1. The van der Waals surface area contributed by atoms with Gasteiger partial charge in [-0.2, -0.15) is 0 Å². The Labute approximate surface area is 132 Å². The molecule has 4 rings (SSSR count). The number of fused-ring (bicyclic) bond motifs is 5. The SMILES string of the molecule is COc1ccc2c(c1)CC[C@@H]1[C@@H]2CC[C@]2(C)/C(=N/O)CC[C@@H]12. The molecular formula is C19H25NO2. The first-order chi connectivity index (χ1) is 10.7. The van der Waals surface area contributed by atoms with Gasteiger partial charge in [0.2, 0.25) is 0 Å². The summed E-state index contributed by atoms with van der Waals surface area (Å²) >= 11 is 0. The van der Waals surface area contributed by atoms with Crippen molar-refractivity contribution in [1.82, 2.24) is 0 Å². The average Bonchev–Trinajstić information content (AvgIpc) is 2.90. The van der Waals surface area contributed by atoms with Crippen molar-refractivity contribution in [3.63, 3.8) is 0 Å². The standard InChI is InChI=1S/C19H25NO2/c1-19-10-9-15-14-6-4-13(22-2)11-12(14)3-5-16(15)17(19)7-8-18(19)20-21/h4,6,11,15-17,21H,3,5,7-10H2,1-2H3/b20-18+/t15-,16-,17+,19+/m1/s1. The zero-order valence-corrected chi connectivity index (χ0v) is 13.5. The molecule has 0 aliphatic heterocycles. The first-order valence-electron chi connectivity index (χ1n) is 8.55. The summed E-state index contributed by atoms with van der Waals surface area (Å²) < 4.78 is 5.39. The number of benzene rings is 1. The van der Waals surface area contributed by atoms with Crippen LogP contribution in [0.1, 0.15) is 56.1 Å². The first-order valence-corrected chi connectivity index (χ1v) is 8.55. The van der Waals surface area contributed by atoms with Gasteiger partial charge in [0.15, 0.2) is 0 Å². The van der Waals surface area contributed by atoms with Crippen LogP contribution in [0, 0.1) is 17.3 Å². The van der Waals surface area contributed by atoms with Crippen molar-refractivity contribution in [3.05, 3.63) is 29.3 Å². The van der Waals surface area contributed by atoms with E-state index in [2.05, 4.69) is 30.3 Å². The van der Waals surface area contributed by atoms with Crippen molar-refractivity contribution in [1.29, 1.82) is 0 Å². The van der Waals surface area contributed by atoms with Gasteiger partial charge in [-0.05, 0) is 79.5 Å². The molecule has 0 saturated heterocycles. The predicted molar refractivity (Wildman–Crippen MR) is 86.8 cm³/mol. The smallest absolute Gasteiger partial charge is 0.119 e. The maximum absolute atomic E-state index is 9.36. The van der Waals surface area contributed by atoms with Crippen LogP contribution in [0.25, 0.3) is 0 Å². The fourth-order valence-corrected chi connectivity index (χ4v) is 5.64. The molecule has 0 amide bonds. The minimum Gasteiger partial charge on any atom is -0.497 e. The van der Waals surface area contributed by atoms with Crippen LogP contribution < -0.4 is 4.74 Å². The third-order valence-electron chi connectivity index (χ3n) is 6.80.